The van der Waals surface area contributed by atoms with Crippen molar-refractivity contribution in [2.45, 2.75) is 18.9 Å². The van der Waals surface area contributed by atoms with Crippen LogP contribution in [0, 0.1) is 0 Å². The van der Waals surface area contributed by atoms with E-state index in [0.717, 1.165) is 26.2 Å². The average molecular weight is 380 g/mol. The maximum Gasteiger partial charge on any atom is 0.416 e. The first-order chi connectivity index (χ1) is 12.1. The SMILES string of the molecule is FC(F)(F)c1cc(-c2noc(CN3CCNCC3)n2)cc(C(F)(F)F)c1. The Morgan fingerprint density at radius 3 is 2.08 bits per heavy atom. The van der Waals surface area contributed by atoms with Crippen molar-refractivity contribution in [2.24, 2.45) is 0 Å². The van der Waals surface area contributed by atoms with E-state index in [4.69, 9.17) is 4.52 Å². The van der Waals surface area contributed by atoms with Gasteiger partial charge in [-0.1, -0.05) is 5.16 Å². The second kappa shape index (κ2) is 6.88. The fourth-order valence-electron chi connectivity index (χ4n) is 2.58. The highest BCUT2D eigenvalue weighted by Crippen LogP contribution is 2.38. The molecule has 1 aromatic carbocycles. The Bertz CT molecular complexity index is 732. The highest BCUT2D eigenvalue weighted by atomic mass is 19.4. The van der Waals surface area contributed by atoms with Gasteiger partial charge in [0.2, 0.25) is 11.7 Å². The van der Waals surface area contributed by atoms with E-state index < -0.39 is 29.0 Å². The number of aromatic nitrogens is 2. The van der Waals surface area contributed by atoms with Crippen LogP contribution in [0.2, 0.25) is 0 Å². The number of hydrogen-bond acceptors (Lipinski definition) is 5. The van der Waals surface area contributed by atoms with E-state index in [9.17, 15) is 26.3 Å². The number of piperazine rings is 1. The molecule has 0 radical (unpaired) electrons. The van der Waals surface area contributed by atoms with Crippen LogP contribution >= 0.6 is 0 Å². The summed E-state index contributed by atoms with van der Waals surface area (Å²) in [6.07, 6.45) is -9.85. The van der Waals surface area contributed by atoms with E-state index in [1.54, 1.807) is 0 Å². The summed E-state index contributed by atoms with van der Waals surface area (Å²) in [6, 6.07) is 1.22. The molecule has 26 heavy (non-hydrogen) atoms. The predicted octanol–water partition coefficient (Wildman–Crippen LogP) is 3.18. The van der Waals surface area contributed by atoms with Gasteiger partial charge in [-0.3, -0.25) is 4.90 Å². The summed E-state index contributed by atoms with van der Waals surface area (Å²) in [5.74, 6) is -0.181. The third kappa shape index (κ3) is 4.33. The van der Waals surface area contributed by atoms with Crippen molar-refractivity contribution in [3.63, 3.8) is 0 Å². The Kier molecular flexibility index (Phi) is 4.93. The van der Waals surface area contributed by atoms with Crippen LogP contribution in [0.25, 0.3) is 11.4 Å². The normalized spacial score (nSPS) is 16.8. The summed E-state index contributed by atoms with van der Waals surface area (Å²) in [5.41, 5.74) is -3.24. The van der Waals surface area contributed by atoms with Gasteiger partial charge >= 0.3 is 12.4 Å². The molecule has 0 unspecified atom stereocenters. The molecule has 5 nitrogen and oxygen atoms in total. The highest BCUT2D eigenvalue weighted by molar-refractivity contribution is 5.58. The Hall–Kier alpha value is -2.14. The standard InChI is InChI=1S/C15H14F6N4O/c16-14(17,18)10-5-9(6-11(7-10)15(19,20)21)13-23-12(26-24-13)8-25-3-1-22-2-4-25/h5-7,22H,1-4,8H2. The zero-order valence-electron chi connectivity index (χ0n) is 13.3. The molecule has 1 aromatic heterocycles. The maximum atomic E-state index is 12.9. The molecule has 0 saturated carbocycles. The first-order valence-electron chi connectivity index (χ1n) is 7.68. The molecule has 142 valence electrons. The Morgan fingerprint density at radius 1 is 0.962 bits per heavy atom. The monoisotopic (exact) mass is 380 g/mol. The van der Waals surface area contributed by atoms with Gasteiger partial charge in [0, 0.05) is 31.7 Å². The van der Waals surface area contributed by atoms with Crippen LogP contribution < -0.4 is 5.32 Å². The number of halogens is 6. The first-order valence-corrected chi connectivity index (χ1v) is 7.68. The van der Waals surface area contributed by atoms with E-state index >= 15 is 0 Å². The average Bonchev–Trinajstić information content (AvgIpc) is 3.02. The largest absolute Gasteiger partial charge is 0.416 e. The summed E-state index contributed by atoms with van der Waals surface area (Å²) >= 11 is 0. The second-order valence-electron chi connectivity index (χ2n) is 5.83. The van der Waals surface area contributed by atoms with Crippen molar-refractivity contribution >= 4 is 0 Å². The molecule has 1 fully saturated rings. The second-order valence-corrected chi connectivity index (χ2v) is 5.83. The molecule has 0 atom stereocenters. The van der Waals surface area contributed by atoms with Gasteiger partial charge in [-0.25, -0.2) is 0 Å². The third-order valence-electron chi connectivity index (χ3n) is 3.88. The van der Waals surface area contributed by atoms with Crippen LogP contribution in [0.4, 0.5) is 26.3 Å². The smallest absolute Gasteiger partial charge is 0.338 e. The number of nitrogens with one attached hydrogen (secondary N) is 1. The van der Waals surface area contributed by atoms with E-state index in [2.05, 4.69) is 15.5 Å². The minimum Gasteiger partial charge on any atom is -0.338 e. The minimum absolute atomic E-state index is 0.0607. The Labute approximate surface area is 144 Å². The maximum absolute atomic E-state index is 12.9. The quantitative estimate of drug-likeness (QED) is 0.829. The van der Waals surface area contributed by atoms with Crippen LogP contribution in [0.5, 0.6) is 0 Å². The van der Waals surface area contributed by atoms with Gasteiger partial charge in [-0.2, -0.15) is 31.3 Å². The van der Waals surface area contributed by atoms with Gasteiger partial charge < -0.3 is 9.84 Å². The van der Waals surface area contributed by atoms with Crippen LogP contribution in [0.1, 0.15) is 17.0 Å². The third-order valence-corrected chi connectivity index (χ3v) is 3.88. The van der Waals surface area contributed by atoms with Crippen LogP contribution in [-0.2, 0) is 18.9 Å². The van der Waals surface area contributed by atoms with Crippen LogP contribution in [-0.4, -0.2) is 41.2 Å². The van der Waals surface area contributed by atoms with Crippen molar-refractivity contribution in [3.8, 4) is 11.4 Å². The molecular formula is C15H14F6N4O. The van der Waals surface area contributed by atoms with Crippen LogP contribution in [0.15, 0.2) is 22.7 Å². The van der Waals surface area contributed by atoms with Gasteiger partial charge in [0.05, 0.1) is 17.7 Å². The summed E-state index contributed by atoms with van der Waals surface area (Å²) in [6.45, 7) is 3.26. The molecule has 1 aliphatic rings. The molecule has 1 saturated heterocycles. The highest BCUT2D eigenvalue weighted by Gasteiger charge is 2.37. The first kappa shape index (κ1) is 18.6. The fraction of sp³-hybridized carbons (Fsp3) is 0.467. The van der Waals surface area contributed by atoms with E-state index in [0.29, 0.717) is 12.1 Å². The molecule has 2 heterocycles. The minimum atomic E-state index is -4.93. The summed E-state index contributed by atoms with van der Waals surface area (Å²) in [4.78, 5) is 5.93. The lowest BCUT2D eigenvalue weighted by molar-refractivity contribution is -0.143. The predicted molar refractivity (Wildman–Crippen MR) is 77.9 cm³/mol. The van der Waals surface area contributed by atoms with Crippen molar-refractivity contribution in [3.05, 3.63) is 35.2 Å². The van der Waals surface area contributed by atoms with Gasteiger partial charge in [0.1, 0.15) is 0 Å². The van der Waals surface area contributed by atoms with Crippen molar-refractivity contribution in [1.82, 2.24) is 20.4 Å². The lowest BCUT2D eigenvalue weighted by atomic mass is 10.0. The van der Waals surface area contributed by atoms with Crippen molar-refractivity contribution in [1.29, 1.82) is 0 Å². The number of hydrogen-bond donors (Lipinski definition) is 1. The topological polar surface area (TPSA) is 54.2 Å². The van der Waals surface area contributed by atoms with Crippen molar-refractivity contribution < 1.29 is 30.9 Å². The number of benzene rings is 1. The van der Waals surface area contributed by atoms with Gasteiger partial charge in [0.25, 0.3) is 0 Å². The van der Waals surface area contributed by atoms with E-state index in [-0.39, 0.29) is 24.3 Å². The van der Waals surface area contributed by atoms with Gasteiger partial charge in [-0.15, -0.1) is 0 Å². The molecule has 1 aliphatic heterocycles. The molecule has 0 amide bonds. The Balaban J connectivity index is 1.90. The molecule has 2 aromatic rings. The van der Waals surface area contributed by atoms with Crippen LogP contribution in [0.3, 0.4) is 0 Å². The zero-order valence-corrected chi connectivity index (χ0v) is 13.3. The summed E-state index contributed by atoms with van der Waals surface area (Å²) in [5, 5.41) is 6.69. The molecule has 1 N–H and O–H groups in total. The van der Waals surface area contributed by atoms with Gasteiger partial charge in [-0.05, 0) is 18.2 Å². The zero-order chi connectivity index (χ0) is 18.9. The number of alkyl halides is 6. The molecular weight excluding hydrogens is 366 g/mol. The molecule has 3 rings (SSSR count). The molecule has 0 aliphatic carbocycles. The van der Waals surface area contributed by atoms with E-state index in [1.807, 2.05) is 4.90 Å². The molecule has 0 bridgehead atoms. The van der Waals surface area contributed by atoms with E-state index in [1.165, 1.54) is 0 Å². The number of nitrogens with zero attached hydrogens (tertiary/aromatic N) is 3. The fourth-order valence-corrected chi connectivity index (χ4v) is 2.58. The molecule has 0 spiro atoms. The number of rotatable bonds is 3. The Morgan fingerprint density at radius 2 is 1.54 bits per heavy atom. The summed E-state index contributed by atoms with van der Waals surface area (Å²) < 4.78 is 82.5. The lowest BCUT2D eigenvalue weighted by Gasteiger charge is -2.25. The van der Waals surface area contributed by atoms with Crippen molar-refractivity contribution in [2.75, 3.05) is 26.2 Å². The van der Waals surface area contributed by atoms with Gasteiger partial charge in [0.15, 0.2) is 0 Å². The molecule has 11 heteroatoms. The lowest BCUT2D eigenvalue weighted by Crippen LogP contribution is -2.42. The summed E-state index contributed by atoms with van der Waals surface area (Å²) in [7, 11) is 0.